The minimum atomic E-state index is -5.27. The van der Waals surface area contributed by atoms with Crippen LogP contribution in [0.2, 0.25) is 12.6 Å². The Morgan fingerprint density at radius 1 is 0.485 bits per heavy atom. The van der Waals surface area contributed by atoms with Gasteiger partial charge in [0.15, 0.2) is 0 Å². The number of halogens is 2. The van der Waals surface area contributed by atoms with E-state index in [0.29, 0.717) is 10.8 Å². The first-order valence-corrected chi connectivity index (χ1v) is 43.2. The van der Waals surface area contributed by atoms with Crippen LogP contribution in [0.15, 0.2) is 132 Å². The molecule has 0 aromatic heterocycles. The molecule has 16 rings (SSSR count). The Balaban J connectivity index is 0.984. The molecule has 4 heteroatoms. The first-order valence-electron chi connectivity index (χ1n) is 27.2. The molecule has 3 atom stereocenters. The molecule has 8 saturated carbocycles. The first-order chi connectivity index (χ1) is 33.0. The molecule has 8 fully saturated rings. The average molecular weight is 1030 g/mol. The van der Waals surface area contributed by atoms with Crippen LogP contribution in [0.5, 0.6) is 0 Å². The molecule has 10 aliphatic rings. The third-order valence-corrected chi connectivity index (χ3v) is 71.1. The van der Waals surface area contributed by atoms with Crippen molar-refractivity contribution in [2.24, 2.45) is 46.3 Å². The molecule has 6 aromatic carbocycles. The van der Waals surface area contributed by atoms with Crippen LogP contribution in [0.25, 0.3) is 56.0 Å². The van der Waals surface area contributed by atoms with Crippen molar-refractivity contribution in [2.45, 2.75) is 123 Å². The maximum atomic E-state index is 9.66. The Labute approximate surface area is 415 Å². The van der Waals surface area contributed by atoms with Gasteiger partial charge in [-0.15, -0.1) is 0 Å². The molecule has 10 aliphatic carbocycles. The van der Waals surface area contributed by atoms with Crippen molar-refractivity contribution < 1.29 is 15.6 Å². The van der Waals surface area contributed by atoms with Gasteiger partial charge >= 0.3 is 419 Å². The van der Waals surface area contributed by atoms with Gasteiger partial charge in [-0.05, 0) is 0 Å². The summed E-state index contributed by atoms with van der Waals surface area (Å²) in [5.41, 5.74) is 15.2. The molecule has 0 amide bonds. The van der Waals surface area contributed by atoms with Crippen LogP contribution in [-0.2, 0) is 15.6 Å². The molecule has 68 heavy (non-hydrogen) atoms. The molecule has 0 heterocycles. The van der Waals surface area contributed by atoms with Gasteiger partial charge in [-0.2, -0.15) is 0 Å². The molecule has 0 N–H and O–H groups in total. The van der Waals surface area contributed by atoms with E-state index in [1.165, 1.54) is 162 Å². The summed E-state index contributed by atoms with van der Waals surface area (Å²) in [6.07, 6.45) is 26.3. The fraction of sp³-hybridized carbons (Fsp3) is 0.438. The second-order valence-electron chi connectivity index (χ2n) is 25.1. The fourth-order valence-electron chi connectivity index (χ4n) is 19.1. The van der Waals surface area contributed by atoms with E-state index < -0.39 is 21.5 Å². The Morgan fingerprint density at radius 2 is 0.868 bits per heavy atom. The Kier molecular flexibility index (Phi) is 10.3. The van der Waals surface area contributed by atoms with Gasteiger partial charge in [0.25, 0.3) is 0 Å². The number of fused-ring (bicyclic) bond motifs is 4. The van der Waals surface area contributed by atoms with Crippen molar-refractivity contribution in [1.82, 2.24) is 0 Å². The molecule has 0 nitrogen and oxygen atoms in total. The summed E-state index contributed by atoms with van der Waals surface area (Å²) < 4.78 is 0.243. The molecular formula is C64H69Cl2SiZr. The Morgan fingerprint density at radius 3 is 1.25 bits per heavy atom. The molecular weight excluding hydrogens is 959 g/mol. The van der Waals surface area contributed by atoms with Gasteiger partial charge in [-0.1, -0.05) is 0 Å². The van der Waals surface area contributed by atoms with Crippen molar-refractivity contribution in [3.05, 3.63) is 155 Å². The van der Waals surface area contributed by atoms with E-state index in [-0.39, 0.29) is 7.25 Å². The standard InChI is InChI=1S/2C30H29.C4H11Si.2ClH.Zr/c2*1-2-5-25-15-27(9-8-24(25)4-1)28-7-3-6-26-13-23(14-29(26)28)19-30-16-20-10-21(17-30)12-22(11-20)18-30;1-3-4-5-2;;;/h2*1-9,13-15,20-22H,10-12,16-19H2;5H,3-4H2,1-2H3;2*1H;/q;;;;;+2/p-2. The first kappa shape index (κ1) is 43.8. The molecule has 8 bridgehead atoms. The van der Waals surface area contributed by atoms with Gasteiger partial charge in [-0.3, -0.25) is 0 Å². The van der Waals surface area contributed by atoms with E-state index in [1.807, 2.05) is 0 Å². The van der Waals surface area contributed by atoms with Gasteiger partial charge in [0.05, 0.1) is 0 Å². The predicted octanol–water partition coefficient (Wildman–Crippen LogP) is 18.9. The number of allylic oxidation sites excluding steroid dienone is 2. The summed E-state index contributed by atoms with van der Waals surface area (Å²) in [7, 11) is 19.3. The minimum absolute atomic E-state index is 0.122. The zero-order chi connectivity index (χ0) is 45.6. The van der Waals surface area contributed by atoms with Crippen LogP contribution in [0.1, 0.15) is 133 Å². The number of hydrogen-bond donors (Lipinski definition) is 0. The van der Waals surface area contributed by atoms with E-state index in [4.69, 9.17) is 0 Å². The van der Waals surface area contributed by atoms with Crippen LogP contribution < -0.4 is 0 Å². The average Bonchev–Trinajstić information content (AvgIpc) is 3.89. The van der Waals surface area contributed by atoms with Crippen molar-refractivity contribution in [2.75, 3.05) is 0 Å². The van der Waals surface area contributed by atoms with E-state index in [0.717, 1.165) is 41.9 Å². The van der Waals surface area contributed by atoms with Crippen molar-refractivity contribution >= 4 is 56.6 Å². The molecule has 0 radical (unpaired) electrons. The van der Waals surface area contributed by atoms with Gasteiger partial charge in [0.2, 0.25) is 0 Å². The monoisotopic (exact) mass is 1030 g/mol. The van der Waals surface area contributed by atoms with Crippen molar-refractivity contribution in [1.29, 1.82) is 0 Å². The van der Waals surface area contributed by atoms with E-state index >= 15 is 0 Å². The quantitative estimate of drug-likeness (QED) is 0.113. The van der Waals surface area contributed by atoms with Crippen LogP contribution in [-0.4, -0.2) is 5.92 Å². The zero-order valence-electron chi connectivity index (χ0n) is 40.5. The second kappa shape index (κ2) is 16.0. The summed E-state index contributed by atoms with van der Waals surface area (Å²) >= 11 is -5.27. The number of benzene rings is 6. The molecule has 3 unspecified atom stereocenters. The van der Waals surface area contributed by atoms with Crippen LogP contribution in [0.4, 0.5) is 0 Å². The summed E-state index contributed by atoms with van der Waals surface area (Å²) in [6.45, 7) is 5.11. The summed E-state index contributed by atoms with van der Waals surface area (Å²) in [6, 6.07) is 48.0. The normalized spacial score (nSPS) is 32.8. The Bertz CT molecular complexity index is 2830. The number of hydrogen-bond acceptors (Lipinski definition) is 0. The van der Waals surface area contributed by atoms with E-state index in [2.05, 4.69) is 147 Å². The van der Waals surface area contributed by atoms with Crippen LogP contribution in [0, 0.1) is 46.3 Å². The molecule has 0 saturated heterocycles. The fourth-order valence-corrected chi connectivity index (χ4v) is 60.2. The summed E-state index contributed by atoms with van der Waals surface area (Å²) in [5, 5.41) is 5.22. The molecule has 6 aromatic rings. The molecule has 347 valence electrons. The topological polar surface area (TPSA) is 0 Å². The van der Waals surface area contributed by atoms with Gasteiger partial charge in [-0.25, -0.2) is 0 Å². The van der Waals surface area contributed by atoms with Gasteiger partial charge in [0, 0.05) is 0 Å². The van der Waals surface area contributed by atoms with Crippen molar-refractivity contribution in [3.63, 3.8) is 0 Å². The van der Waals surface area contributed by atoms with Gasteiger partial charge < -0.3 is 0 Å². The second-order valence-corrected chi connectivity index (χ2v) is 66.5. The van der Waals surface area contributed by atoms with E-state index in [1.54, 1.807) is 11.1 Å². The number of rotatable bonds is 11. The third-order valence-electron chi connectivity index (χ3n) is 20.7. The zero-order valence-corrected chi connectivity index (χ0v) is 45.6. The predicted molar refractivity (Wildman–Crippen MR) is 290 cm³/mol. The van der Waals surface area contributed by atoms with Crippen LogP contribution in [0.3, 0.4) is 0 Å². The van der Waals surface area contributed by atoms with Gasteiger partial charge in [0.1, 0.15) is 0 Å². The SMILES string of the molecule is CCC[SiH](C)[Zr]([Cl])([Cl])([CH]1C(CC23CC4CC(CC(C4)C2)C3)=Cc2c(-c3ccc4ccccc4c3)cccc21)[CH]1C(CC23CC4CC(CC(C4)C2)C3)=Cc2c(-c3ccc4ccccc4c3)cccc21. The summed E-state index contributed by atoms with van der Waals surface area (Å²) in [4.78, 5) is 0. The van der Waals surface area contributed by atoms with Crippen molar-refractivity contribution in [3.8, 4) is 22.3 Å². The molecule has 0 aliphatic heterocycles. The van der Waals surface area contributed by atoms with Crippen LogP contribution >= 0.6 is 17.0 Å². The maximum absolute atomic E-state index is 9.66. The third kappa shape index (κ3) is 6.85. The molecule has 0 spiro atoms. The van der Waals surface area contributed by atoms with E-state index in [9.17, 15) is 17.0 Å². The summed E-state index contributed by atoms with van der Waals surface area (Å²) in [5.74, 6) is 3.63. The Hall–Kier alpha value is -3.00.